The van der Waals surface area contributed by atoms with E-state index in [2.05, 4.69) is 77.1 Å². The SMILES string of the molecule is Cc1ccc(CN=C(NCc2nnc(C)n2C)NC(C)c2ccccc2)c(OCC2CC2)c1. The van der Waals surface area contributed by atoms with E-state index in [9.17, 15) is 0 Å². The second-order valence-corrected chi connectivity index (χ2v) is 8.88. The largest absolute Gasteiger partial charge is 0.493 e. The van der Waals surface area contributed by atoms with E-state index in [1.807, 2.05) is 24.6 Å². The molecule has 1 unspecified atom stereocenters. The highest BCUT2D eigenvalue weighted by molar-refractivity contribution is 5.80. The molecule has 0 spiro atoms. The Morgan fingerprint density at radius 3 is 2.64 bits per heavy atom. The van der Waals surface area contributed by atoms with Crippen LogP contribution in [0.5, 0.6) is 5.75 Å². The van der Waals surface area contributed by atoms with Crippen molar-refractivity contribution in [2.45, 2.75) is 52.7 Å². The van der Waals surface area contributed by atoms with Crippen molar-refractivity contribution in [3.8, 4) is 5.75 Å². The molecule has 1 atom stereocenters. The van der Waals surface area contributed by atoms with Crippen LogP contribution in [0.2, 0.25) is 0 Å². The highest BCUT2D eigenvalue weighted by Gasteiger charge is 2.22. The van der Waals surface area contributed by atoms with Crippen LogP contribution < -0.4 is 15.4 Å². The fourth-order valence-corrected chi connectivity index (χ4v) is 3.53. The summed E-state index contributed by atoms with van der Waals surface area (Å²) in [5.74, 6) is 4.11. The Kier molecular flexibility index (Phi) is 7.27. The molecular formula is C26H34N6O. The third-order valence-corrected chi connectivity index (χ3v) is 6.05. The van der Waals surface area contributed by atoms with E-state index >= 15 is 0 Å². The number of aryl methyl sites for hydroxylation is 2. The third-order valence-electron chi connectivity index (χ3n) is 6.05. The summed E-state index contributed by atoms with van der Waals surface area (Å²) in [6.45, 7) is 8.02. The number of guanidine groups is 1. The van der Waals surface area contributed by atoms with Gasteiger partial charge in [-0.05, 0) is 56.7 Å². The van der Waals surface area contributed by atoms with Crippen LogP contribution >= 0.6 is 0 Å². The lowest BCUT2D eigenvalue weighted by Gasteiger charge is -2.19. The number of hydrogen-bond acceptors (Lipinski definition) is 4. The zero-order chi connectivity index (χ0) is 23.2. The van der Waals surface area contributed by atoms with E-state index in [0.717, 1.165) is 35.5 Å². The normalized spacial score (nSPS) is 14.7. The molecule has 3 aromatic rings. The summed E-state index contributed by atoms with van der Waals surface area (Å²) in [4.78, 5) is 4.90. The fourth-order valence-electron chi connectivity index (χ4n) is 3.53. The Labute approximate surface area is 196 Å². The van der Waals surface area contributed by atoms with Gasteiger partial charge in [0.05, 0.1) is 25.7 Å². The maximum absolute atomic E-state index is 6.14. The van der Waals surface area contributed by atoms with Gasteiger partial charge in [-0.15, -0.1) is 10.2 Å². The molecule has 7 nitrogen and oxygen atoms in total. The molecule has 4 rings (SSSR count). The lowest BCUT2D eigenvalue weighted by molar-refractivity contribution is 0.296. The third kappa shape index (κ3) is 6.34. The van der Waals surface area contributed by atoms with E-state index in [1.54, 1.807) is 0 Å². The van der Waals surface area contributed by atoms with Crippen molar-refractivity contribution >= 4 is 5.96 Å². The van der Waals surface area contributed by atoms with Gasteiger partial charge in [0.2, 0.25) is 0 Å². The number of nitrogens with one attached hydrogen (secondary N) is 2. The molecule has 1 aliphatic carbocycles. The van der Waals surface area contributed by atoms with Gasteiger partial charge in [-0.3, -0.25) is 0 Å². The molecule has 7 heteroatoms. The van der Waals surface area contributed by atoms with Gasteiger partial charge in [0.15, 0.2) is 11.8 Å². The van der Waals surface area contributed by atoms with Crippen LogP contribution in [-0.2, 0) is 20.1 Å². The van der Waals surface area contributed by atoms with Crippen LogP contribution in [0.25, 0.3) is 0 Å². The van der Waals surface area contributed by atoms with E-state index in [1.165, 1.54) is 24.0 Å². The summed E-state index contributed by atoms with van der Waals surface area (Å²) in [6.07, 6.45) is 2.55. The number of rotatable bonds is 9. The minimum Gasteiger partial charge on any atom is -0.493 e. The highest BCUT2D eigenvalue weighted by atomic mass is 16.5. The molecule has 1 fully saturated rings. The van der Waals surface area contributed by atoms with Crippen LogP contribution in [-0.4, -0.2) is 27.3 Å². The lowest BCUT2D eigenvalue weighted by atomic mass is 10.1. The van der Waals surface area contributed by atoms with Crippen LogP contribution in [0.1, 0.15) is 54.1 Å². The van der Waals surface area contributed by atoms with Gasteiger partial charge in [0.25, 0.3) is 0 Å². The topological polar surface area (TPSA) is 76.4 Å². The maximum atomic E-state index is 6.14. The first-order valence-corrected chi connectivity index (χ1v) is 11.7. The molecule has 0 aliphatic heterocycles. The fraction of sp³-hybridized carbons (Fsp3) is 0.423. The first-order chi connectivity index (χ1) is 16.0. The second-order valence-electron chi connectivity index (χ2n) is 8.88. The van der Waals surface area contributed by atoms with Gasteiger partial charge < -0.3 is 19.9 Å². The summed E-state index contributed by atoms with van der Waals surface area (Å²) < 4.78 is 8.12. The molecule has 2 aromatic carbocycles. The highest BCUT2D eigenvalue weighted by Crippen LogP contribution is 2.31. The number of benzene rings is 2. The zero-order valence-electron chi connectivity index (χ0n) is 20.0. The summed E-state index contributed by atoms with van der Waals surface area (Å²) in [5, 5.41) is 15.4. The number of aliphatic imine (C=N–C) groups is 1. The Bertz CT molecular complexity index is 1090. The van der Waals surface area contributed by atoms with E-state index in [-0.39, 0.29) is 6.04 Å². The van der Waals surface area contributed by atoms with Gasteiger partial charge in [-0.1, -0.05) is 42.5 Å². The first-order valence-electron chi connectivity index (χ1n) is 11.7. The molecular weight excluding hydrogens is 412 g/mol. The minimum absolute atomic E-state index is 0.0993. The van der Waals surface area contributed by atoms with Gasteiger partial charge in [-0.2, -0.15) is 0 Å². The number of aromatic nitrogens is 3. The molecule has 1 aromatic heterocycles. The van der Waals surface area contributed by atoms with Crippen molar-refractivity contribution in [3.05, 3.63) is 76.9 Å². The molecule has 1 heterocycles. The quantitative estimate of drug-likeness (QED) is 0.380. The van der Waals surface area contributed by atoms with Gasteiger partial charge in [0.1, 0.15) is 11.6 Å². The van der Waals surface area contributed by atoms with Crippen molar-refractivity contribution in [2.24, 2.45) is 18.0 Å². The average Bonchev–Trinajstić information content (AvgIpc) is 3.60. The monoisotopic (exact) mass is 446 g/mol. The average molecular weight is 447 g/mol. The number of hydrogen-bond donors (Lipinski definition) is 2. The Balaban J connectivity index is 1.50. The standard InChI is InChI=1S/C26H34N6O/c1-18-10-13-23(24(14-18)33-17-21-11-12-21)15-27-26(28-16-25-31-30-20(3)32(25)4)29-19(2)22-8-6-5-7-9-22/h5-10,13-14,19,21H,11-12,15-17H2,1-4H3,(H2,27,28,29). The van der Waals surface area contributed by atoms with E-state index in [0.29, 0.717) is 19.0 Å². The summed E-state index contributed by atoms with van der Waals surface area (Å²) >= 11 is 0. The Morgan fingerprint density at radius 2 is 1.94 bits per heavy atom. The van der Waals surface area contributed by atoms with Gasteiger partial charge in [-0.25, -0.2) is 4.99 Å². The summed E-state index contributed by atoms with van der Waals surface area (Å²) in [6, 6.07) is 16.8. The molecule has 0 radical (unpaired) electrons. The minimum atomic E-state index is 0.0993. The van der Waals surface area contributed by atoms with Crippen molar-refractivity contribution in [3.63, 3.8) is 0 Å². The molecule has 1 saturated carbocycles. The van der Waals surface area contributed by atoms with Crippen LogP contribution in [0.4, 0.5) is 0 Å². The number of nitrogens with zero attached hydrogens (tertiary/aromatic N) is 4. The van der Waals surface area contributed by atoms with E-state index < -0.39 is 0 Å². The summed E-state index contributed by atoms with van der Waals surface area (Å²) in [5.41, 5.74) is 3.48. The predicted molar refractivity (Wildman–Crippen MR) is 131 cm³/mol. The molecule has 0 amide bonds. The molecule has 2 N–H and O–H groups in total. The molecule has 174 valence electrons. The number of ether oxygens (including phenoxy) is 1. The Morgan fingerprint density at radius 1 is 1.15 bits per heavy atom. The van der Waals surface area contributed by atoms with Crippen molar-refractivity contribution in [1.82, 2.24) is 25.4 Å². The van der Waals surface area contributed by atoms with Crippen LogP contribution in [0, 0.1) is 19.8 Å². The van der Waals surface area contributed by atoms with Crippen molar-refractivity contribution in [1.29, 1.82) is 0 Å². The Hall–Kier alpha value is -3.35. The predicted octanol–water partition coefficient (Wildman–Crippen LogP) is 4.22. The van der Waals surface area contributed by atoms with Gasteiger partial charge >= 0.3 is 0 Å². The molecule has 0 saturated heterocycles. The van der Waals surface area contributed by atoms with Crippen LogP contribution in [0.3, 0.4) is 0 Å². The van der Waals surface area contributed by atoms with Crippen LogP contribution in [0.15, 0.2) is 53.5 Å². The zero-order valence-corrected chi connectivity index (χ0v) is 20.0. The molecule has 0 bridgehead atoms. The molecule has 33 heavy (non-hydrogen) atoms. The lowest BCUT2D eigenvalue weighted by Crippen LogP contribution is -2.39. The van der Waals surface area contributed by atoms with E-state index in [4.69, 9.17) is 9.73 Å². The second kappa shape index (κ2) is 10.5. The first kappa shape index (κ1) is 22.8. The molecule has 1 aliphatic rings. The van der Waals surface area contributed by atoms with Gasteiger partial charge in [0, 0.05) is 12.6 Å². The summed E-state index contributed by atoms with van der Waals surface area (Å²) in [7, 11) is 1.97. The van der Waals surface area contributed by atoms with Crippen molar-refractivity contribution < 1.29 is 4.74 Å². The smallest absolute Gasteiger partial charge is 0.192 e. The van der Waals surface area contributed by atoms with Crippen molar-refractivity contribution in [2.75, 3.05) is 6.61 Å². The maximum Gasteiger partial charge on any atom is 0.192 e.